The van der Waals surface area contributed by atoms with Gasteiger partial charge in [0.1, 0.15) is 0 Å². The van der Waals surface area contributed by atoms with E-state index in [1.807, 2.05) is 38.4 Å². The quantitative estimate of drug-likeness (QED) is 0.456. The van der Waals surface area contributed by atoms with Crippen LogP contribution in [0.2, 0.25) is 0 Å². The average molecular weight is 403 g/mol. The molecule has 30 heavy (non-hydrogen) atoms. The number of carbonyl (C=O) groups excluding carboxylic acids is 1. The molecule has 0 saturated carbocycles. The Bertz CT molecular complexity index is 1180. The van der Waals surface area contributed by atoms with Crippen molar-refractivity contribution in [2.45, 2.75) is 39.4 Å². The fraction of sp³-hybridized carbons (Fsp3) is 0.292. The second-order valence-corrected chi connectivity index (χ2v) is 7.62. The number of ether oxygens (including phenoxy) is 2. The number of methoxy groups -OCH3 is 1. The Morgan fingerprint density at radius 1 is 1.07 bits per heavy atom. The first kappa shape index (κ1) is 20.0. The molecule has 0 unspecified atom stereocenters. The number of hydrogen-bond donors (Lipinski definition) is 1. The summed E-state index contributed by atoms with van der Waals surface area (Å²) < 4.78 is 10.8. The van der Waals surface area contributed by atoms with Crippen LogP contribution in [0.4, 0.5) is 0 Å². The van der Waals surface area contributed by atoms with Gasteiger partial charge in [0.05, 0.1) is 24.4 Å². The summed E-state index contributed by atoms with van der Waals surface area (Å²) in [6.07, 6.45) is 6.98. The number of H-pyrrole nitrogens is 1. The van der Waals surface area contributed by atoms with Crippen LogP contribution in [0.5, 0.6) is 0 Å². The third kappa shape index (κ3) is 4.04. The third-order valence-corrected chi connectivity index (χ3v) is 5.08. The molecule has 0 saturated heterocycles. The van der Waals surface area contributed by atoms with Gasteiger partial charge in [-0.1, -0.05) is 6.07 Å². The van der Waals surface area contributed by atoms with Crippen molar-refractivity contribution in [2.75, 3.05) is 7.11 Å². The molecular weight excluding hydrogens is 378 g/mol. The number of hydrogen-bond acceptors (Lipinski definition) is 5. The number of benzene rings is 1. The van der Waals surface area contributed by atoms with Gasteiger partial charge < -0.3 is 14.5 Å². The van der Waals surface area contributed by atoms with Gasteiger partial charge >= 0.3 is 5.97 Å². The fourth-order valence-electron chi connectivity index (χ4n) is 3.73. The molecule has 1 aromatic carbocycles. The molecule has 0 aliphatic heterocycles. The Morgan fingerprint density at radius 3 is 2.57 bits per heavy atom. The summed E-state index contributed by atoms with van der Waals surface area (Å²) >= 11 is 0. The molecule has 3 heterocycles. The van der Waals surface area contributed by atoms with Gasteiger partial charge in [0, 0.05) is 41.4 Å². The number of esters is 1. The Kier molecular flexibility index (Phi) is 5.77. The lowest BCUT2D eigenvalue weighted by Gasteiger charge is -2.12. The third-order valence-electron chi connectivity index (χ3n) is 5.08. The maximum Gasteiger partial charge on any atom is 0.357 e. The molecule has 0 radical (unpaired) electrons. The number of pyridine rings is 2. The van der Waals surface area contributed by atoms with Crippen LogP contribution in [0.15, 0.2) is 48.9 Å². The molecule has 0 aliphatic rings. The second-order valence-electron chi connectivity index (χ2n) is 7.62. The predicted molar refractivity (Wildman–Crippen MR) is 117 cm³/mol. The first-order valence-corrected chi connectivity index (χ1v) is 10.1. The van der Waals surface area contributed by atoms with Crippen molar-refractivity contribution in [2.24, 2.45) is 0 Å². The standard InChI is InChI=1S/C24H25N3O3/c1-15(2)30-24(28)23-19(14-29-3)22-18-12-17(5-4-16-8-10-25-11-9-16)6-7-20(18)27-21(22)13-26-23/h6-13,15,27H,4-5,14H2,1-3H3. The van der Waals surface area contributed by atoms with Crippen molar-refractivity contribution < 1.29 is 14.3 Å². The van der Waals surface area contributed by atoms with Crippen molar-refractivity contribution in [3.63, 3.8) is 0 Å². The van der Waals surface area contributed by atoms with Crippen LogP contribution < -0.4 is 0 Å². The minimum Gasteiger partial charge on any atom is -0.458 e. The zero-order chi connectivity index (χ0) is 21.1. The Balaban J connectivity index is 1.77. The first-order chi connectivity index (χ1) is 14.6. The van der Waals surface area contributed by atoms with E-state index in [1.54, 1.807) is 13.3 Å². The van der Waals surface area contributed by atoms with E-state index in [1.165, 1.54) is 11.1 Å². The molecule has 0 amide bonds. The Morgan fingerprint density at radius 2 is 1.83 bits per heavy atom. The molecule has 0 spiro atoms. The summed E-state index contributed by atoms with van der Waals surface area (Å²) in [4.78, 5) is 24.5. The van der Waals surface area contributed by atoms with Gasteiger partial charge in [-0.2, -0.15) is 0 Å². The number of aromatic amines is 1. The zero-order valence-electron chi connectivity index (χ0n) is 17.4. The number of carbonyl (C=O) groups is 1. The number of fused-ring (bicyclic) bond motifs is 3. The lowest BCUT2D eigenvalue weighted by molar-refractivity contribution is 0.0366. The van der Waals surface area contributed by atoms with E-state index in [2.05, 4.69) is 33.2 Å². The van der Waals surface area contributed by atoms with Gasteiger partial charge in [0.2, 0.25) is 0 Å². The number of nitrogens with zero attached hydrogens (tertiary/aromatic N) is 2. The van der Waals surface area contributed by atoms with Crippen LogP contribution >= 0.6 is 0 Å². The highest BCUT2D eigenvalue weighted by molar-refractivity contribution is 6.11. The second kappa shape index (κ2) is 8.63. The molecule has 3 aromatic heterocycles. The summed E-state index contributed by atoms with van der Waals surface area (Å²) in [5.74, 6) is -0.429. The first-order valence-electron chi connectivity index (χ1n) is 10.1. The molecule has 4 aromatic rings. The number of rotatable bonds is 7. The van der Waals surface area contributed by atoms with Gasteiger partial charge in [0.15, 0.2) is 5.69 Å². The number of aryl methyl sites for hydroxylation is 2. The van der Waals surface area contributed by atoms with Crippen LogP contribution in [0.25, 0.3) is 21.8 Å². The van der Waals surface area contributed by atoms with Crippen LogP contribution in [-0.4, -0.2) is 34.1 Å². The van der Waals surface area contributed by atoms with Gasteiger partial charge in [-0.05, 0) is 62.1 Å². The highest BCUT2D eigenvalue weighted by Crippen LogP contribution is 2.31. The van der Waals surface area contributed by atoms with Gasteiger partial charge in [-0.25, -0.2) is 9.78 Å². The van der Waals surface area contributed by atoms with E-state index in [0.717, 1.165) is 40.2 Å². The molecule has 6 heteroatoms. The molecule has 1 N–H and O–H groups in total. The van der Waals surface area contributed by atoms with Crippen molar-refractivity contribution in [1.82, 2.24) is 15.0 Å². The van der Waals surface area contributed by atoms with Crippen LogP contribution in [0.1, 0.15) is 41.0 Å². The topological polar surface area (TPSA) is 77.1 Å². The molecule has 4 rings (SSSR count). The van der Waals surface area contributed by atoms with E-state index in [4.69, 9.17) is 9.47 Å². The SMILES string of the molecule is COCc1c(C(=O)OC(C)C)ncc2[nH]c3ccc(CCc4ccncc4)cc3c12. The number of aromatic nitrogens is 3. The van der Waals surface area contributed by atoms with Crippen molar-refractivity contribution in [3.05, 3.63) is 71.3 Å². The molecule has 0 fully saturated rings. The summed E-state index contributed by atoms with van der Waals surface area (Å²) in [7, 11) is 1.62. The smallest absolute Gasteiger partial charge is 0.357 e. The van der Waals surface area contributed by atoms with Gasteiger partial charge in [-0.15, -0.1) is 0 Å². The highest BCUT2D eigenvalue weighted by Gasteiger charge is 2.21. The Labute approximate surface area is 175 Å². The number of nitrogens with one attached hydrogen (secondary N) is 1. The highest BCUT2D eigenvalue weighted by atomic mass is 16.5. The molecule has 154 valence electrons. The minimum atomic E-state index is -0.429. The van der Waals surface area contributed by atoms with Crippen molar-refractivity contribution >= 4 is 27.8 Å². The summed E-state index contributed by atoms with van der Waals surface area (Å²) in [6, 6.07) is 10.5. The normalized spacial score (nSPS) is 11.5. The summed E-state index contributed by atoms with van der Waals surface area (Å²) in [5.41, 5.74) is 5.42. The van der Waals surface area contributed by atoms with E-state index < -0.39 is 5.97 Å². The van der Waals surface area contributed by atoms with E-state index in [9.17, 15) is 4.79 Å². The fourth-order valence-corrected chi connectivity index (χ4v) is 3.73. The van der Waals surface area contributed by atoms with Gasteiger partial charge in [-0.3, -0.25) is 4.98 Å². The average Bonchev–Trinajstić information content (AvgIpc) is 3.11. The van der Waals surface area contributed by atoms with Gasteiger partial charge in [0.25, 0.3) is 0 Å². The van der Waals surface area contributed by atoms with Crippen molar-refractivity contribution in [3.8, 4) is 0 Å². The monoisotopic (exact) mass is 403 g/mol. The van der Waals surface area contributed by atoms with Crippen LogP contribution in [-0.2, 0) is 28.9 Å². The van der Waals surface area contributed by atoms with E-state index in [-0.39, 0.29) is 12.7 Å². The zero-order valence-corrected chi connectivity index (χ0v) is 17.4. The largest absolute Gasteiger partial charge is 0.458 e. The lowest BCUT2D eigenvalue weighted by atomic mass is 10.0. The predicted octanol–water partition coefficient (Wildman–Crippen LogP) is 4.61. The summed E-state index contributed by atoms with van der Waals surface area (Å²) in [5, 5.41) is 2.02. The lowest BCUT2D eigenvalue weighted by Crippen LogP contribution is -2.15. The minimum absolute atomic E-state index is 0.215. The molecule has 0 atom stereocenters. The molecule has 6 nitrogen and oxygen atoms in total. The molecule has 0 bridgehead atoms. The van der Waals surface area contributed by atoms with Crippen LogP contribution in [0, 0.1) is 0 Å². The van der Waals surface area contributed by atoms with E-state index >= 15 is 0 Å². The Hall–Kier alpha value is -3.25. The summed E-state index contributed by atoms with van der Waals surface area (Å²) in [6.45, 7) is 3.93. The maximum absolute atomic E-state index is 12.6. The van der Waals surface area contributed by atoms with Crippen molar-refractivity contribution in [1.29, 1.82) is 0 Å². The maximum atomic E-state index is 12.6. The molecular formula is C24H25N3O3. The molecule has 0 aliphatic carbocycles. The van der Waals surface area contributed by atoms with E-state index in [0.29, 0.717) is 5.69 Å². The van der Waals surface area contributed by atoms with Crippen LogP contribution in [0.3, 0.4) is 0 Å².